The molecule has 7 heteroatoms. The Kier molecular flexibility index (Phi) is 5.72. The van der Waals surface area contributed by atoms with Crippen LogP contribution in [0.4, 0.5) is 10.5 Å². The number of amides is 4. The molecule has 1 saturated carbocycles. The minimum absolute atomic E-state index is 0.00808. The van der Waals surface area contributed by atoms with Crippen LogP contribution < -0.4 is 5.32 Å². The third-order valence-corrected chi connectivity index (χ3v) is 6.79. The van der Waals surface area contributed by atoms with E-state index in [2.05, 4.69) is 5.32 Å². The van der Waals surface area contributed by atoms with E-state index < -0.39 is 0 Å². The number of likely N-dealkylation sites (tertiary alicyclic amines) is 1. The topological polar surface area (TPSA) is 73.0 Å². The molecule has 168 valence electrons. The van der Waals surface area contributed by atoms with Gasteiger partial charge in [0.25, 0.3) is 5.91 Å². The van der Waals surface area contributed by atoms with Crippen molar-refractivity contribution in [3.05, 3.63) is 42.0 Å². The molecule has 2 heterocycles. The highest BCUT2D eigenvalue weighted by atomic mass is 16.2. The molecule has 0 aromatic heterocycles. The average Bonchev–Trinajstić information content (AvgIpc) is 3.69. The summed E-state index contributed by atoms with van der Waals surface area (Å²) in [6, 6.07) is 11.7. The van der Waals surface area contributed by atoms with Crippen molar-refractivity contribution in [2.75, 3.05) is 44.6 Å². The Balaban J connectivity index is 1.31. The van der Waals surface area contributed by atoms with Gasteiger partial charge in [0.1, 0.15) is 0 Å². The number of anilines is 1. The molecule has 1 aliphatic carbocycles. The van der Waals surface area contributed by atoms with Crippen LogP contribution in [0.3, 0.4) is 0 Å². The predicted octanol–water partition coefficient (Wildman–Crippen LogP) is 3.55. The number of carbonyl (C=O) groups excluding carboxylic acids is 3. The van der Waals surface area contributed by atoms with Crippen LogP contribution in [-0.2, 0) is 4.79 Å². The molecule has 2 saturated heterocycles. The first-order valence-electron chi connectivity index (χ1n) is 11.8. The first-order valence-corrected chi connectivity index (χ1v) is 11.8. The number of piperidine rings is 1. The Morgan fingerprint density at radius 2 is 1.34 bits per heavy atom. The Hall–Kier alpha value is -3.09. The molecule has 3 aliphatic rings. The summed E-state index contributed by atoms with van der Waals surface area (Å²) < 4.78 is 0. The van der Waals surface area contributed by atoms with Crippen LogP contribution in [0, 0.1) is 5.92 Å². The number of nitrogens with zero attached hydrogens (tertiary/aromatic N) is 3. The van der Waals surface area contributed by atoms with E-state index in [4.69, 9.17) is 0 Å². The van der Waals surface area contributed by atoms with Gasteiger partial charge in [0.05, 0.1) is 11.3 Å². The number of urea groups is 1. The molecule has 2 aromatic rings. The normalized spacial score (nSPS) is 19.2. The fourth-order valence-corrected chi connectivity index (χ4v) is 4.66. The molecule has 5 rings (SSSR count). The maximum atomic E-state index is 13.5. The van der Waals surface area contributed by atoms with Crippen molar-refractivity contribution in [1.29, 1.82) is 0 Å². The Bertz CT molecular complexity index is 1030. The zero-order chi connectivity index (χ0) is 22.1. The van der Waals surface area contributed by atoms with E-state index in [0.29, 0.717) is 37.4 Å². The maximum absolute atomic E-state index is 13.5. The molecule has 0 atom stereocenters. The number of nitrogens with one attached hydrogen (secondary N) is 1. The minimum Gasteiger partial charge on any atom is -0.335 e. The third-order valence-electron chi connectivity index (χ3n) is 6.79. The van der Waals surface area contributed by atoms with E-state index in [1.807, 2.05) is 46.2 Å². The molecule has 32 heavy (non-hydrogen) atoms. The van der Waals surface area contributed by atoms with Crippen LogP contribution in [0.2, 0.25) is 0 Å². The van der Waals surface area contributed by atoms with E-state index in [1.165, 1.54) is 6.42 Å². The lowest BCUT2D eigenvalue weighted by molar-refractivity contribution is -0.117. The van der Waals surface area contributed by atoms with Gasteiger partial charge in [0.15, 0.2) is 0 Å². The molecule has 0 bridgehead atoms. The van der Waals surface area contributed by atoms with Crippen molar-refractivity contribution < 1.29 is 14.4 Å². The summed E-state index contributed by atoms with van der Waals surface area (Å²) in [6.07, 6.45) is 5.16. The van der Waals surface area contributed by atoms with Crippen molar-refractivity contribution in [2.45, 2.75) is 32.1 Å². The summed E-state index contributed by atoms with van der Waals surface area (Å²) in [5.74, 6) is -0.0352. The number of piperazine rings is 1. The molecule has 0 unspecified atom stereocenters. The van der Waals surface area contributed by atoms with Gasteiger partial charge >= 0.3 is 6.03 Å². The van der Waals surface area contributed by atoms with Gasteiger partial charge < -0.3 is 20.0 Å². The van der Waals surface area contributed by atoms with Crippen LogP contribution in [0.1, 0.15) is 42.5 Å². The summed E-state index contributed by atoms with van der Waals surface area (Å²) in [5, 5.41) is 4.96. The third kappa shape index (κ3) is 4.29. The SMILES string of the molecule is O=C(Nc1cc2ccccc2cc1C(=O)N1CCN(C(=O)N2CCCCC2)CC1)C1CC1. The zero-order valence-electron chi connectivity index (χ0n) is 18.4. The fourth-order valence-electron chi connectivity index (χ4n) is 4.66. The van der Waals surface area contributed by atoms with Gasteiger partial charge in [0, 0.05) is 45.2 Å². The lowest BCUT2D eigenvalue weighted by Crippen LogP contribution is -2.54. The van der Waals surface area contributed by atoms with Gasteiger partial charge in [-0.15, -0.1) is 0 Å². The largest absolute Gasteiger partial charge is 0.335 e. The second-order valence-corrected chi connectivity index (χ2v) is 9.12. The highest BCUT2D eigenvalue weighted by molar-refractivity contribution is 6.08. The zero-order valence-corrected chi connectivity index (χ0v) is 18.4. The molecular weight excluding hydrogens is 404 g/mol. The number of rotatable bonds is 3. The highest BCUT2D eigenvalue weighted by Crippen LogP contribution is 2.32. The molecule has 2 aromatic carbocycles. The number of carbonyl (C=O) groups is 3. The van der Waals surface area contributed by atoms with Crippen LogP contribution in [-0.4, -0.2) is 71.8 Å². The maximum Gasteiger partial charge on any atom is 0.320 e. The fraction of sp³-hybridized carbons (Fsp3) is 0.480. The molecule has 4 amide bonds. The van der Waals surface area contributed by atoms with Gasteiger partial charge in [0.2, 0.25) is 5.91 Å². The smallest absolute Gasteiger partial charge is 0.320 e. The predicted molar refractivity (Wildman–Crippen MR) is 124 cm³/mol. The van der Waals surface area contributed by atoms with Gasteiger partial charge in [-0.05, 0) is 55.0 Å². The number of hydrogen-bond acceptors (Lipinski definition) is 3. The van der Waals surface area contributed by atoms with Gasteiger partial charge in [-0.1, -0.05) is 24.3 Å². The van der Waals surface area contributed by atoms with Crippen molar-refractivity contribution in [3.8, 4) is 0 Å². The Labute approximate surface area is 188 Å². The van der Waals surface area contributed by atoms with E-state index in [1.54, 1.807) is 4.90 Å². The molecule has 7 nitrogen and oxygen atoms in total. The minimum atomic E-state index is -0.0908. The van der Waals surface area contributed by atoms with Crippen LogP contribution in [0.25, 0.3) is 10.8 Å². The van der Waals surface area contributed by atoms with E-state index in [0.717, 1.165) is 49.5 Å². The van der Waals surface area contributed by atoms with Crippen molar-refractivity contribution in [1.82, 2.24) is 14.7 Å². The molecule has 0 spiro atoms. The second-order valence-electron chi connectivity index (χ2n) is 9.12. The van der Waals surface area contributed by atoms with Crippen molar-refractivity contribution in [3.63, 3.8) is 0 Å². The molecule has 3 fully saturated rings. The number of benzene rings is 2. The van der Waals surface area contributed by atoms with Crippen molar-refractivity contribution in [2.24, 2.45) is 5.92 Å². The van der Waals surface area contributed by atoms with E-state index >= 15 is 0 Å². The lowest BCUT2D eigenvalue weighted by atomic mass is 10.0. The number of fused-ring (bicyclic) bond motifs is 1. The van der Waals surface area contributed by atoms with Crippen LogP contribution in [0.15, 0.2) is 36.4 Å². The van der Waals surface area contributed by atoms with Gasteiger partial charge in [-0.2, -0.15) is 0 Å². The molecule has 1 N–H and O–H groups in total. The summed E-state index contributed by atoms with van der Waals surface area (Å²) in [7, 11) is 0. The lowest BCUT2D eigenvalue weighted by Gasteiger charge is -2.38. The summed E-state index contributed by atoms with van der Waals surface area (Å²) in [4.78, 5) is 44.3. The van der Waals surface area contributed by atoms with Gasteiger partial charge in [-0.25, -0.2) is 4.79 Å². The number of hydrogen-bond donors (Lipinski definition) is 1. The van der Waals surface area contributed by atoms with Crippen LogP contribution in [0.5, 0.6) is 0 Å². The van der Waals surface area contributed by atoms with Gasteiger partial charge in [-0.3, -0.25) is 9.59 Å². The quantitative estimate of drug-likeness (QED) is 0.803. The monoisotopic (exact) mass is 434 g/mol. The Morgan fingerprint density at radius 3 is 2.00 bits per heavy atom. The standard InChI is InChI=1S/C25H30N4O3/c30-23(18-8-9-18)26-22-17-20-7-3-2-6-19(20)16-21(22)24(31)27-12-14-29(15-13-27)25(32)28-10-4-1-5-11-28/h2-3,6-7,16-18H,1,4-5,8-15H2,(H,26,30). The molecule has 2 aliphatic heterocycles. The average molecular weight is 435 g/mol. The second kappa shape index (κ2) is 8.81. The van der Waals surface area contributed by atoms with E-state index in [-0.39, 0.29) is 23.8 Å². The first kappa shape index (κ1) is 20.8. The van der Waals surface area contributed by atoms with Crippen molar-refractivity contribution >= 4 is 34.3 Å². The summed E-state index contributed by atoms with van der Waals surface area (Å²) >= 11 is 0. The van der Waals surface area contributed by atoms with Crippen LogP contribution >= 0.6 is 0 Å². The summed E-state index contributed by atoms with van der Waals surface area (Å²) in [6.45, 7) is 3.75. The van der Waals surface area contributed by atoms with E-state index in [9.17, 15) is 14.4 Å². The molecular formula is C25H30N4O3. The highest BCUT2D eigenvalue weighted by Gasteiger charge is 2.32. The Morgan fingerprint density at radius 1 is 0.750 bits per heavy atom. The first-order chi connectivity index (χ1) is 15.6. The summed E-state index contributed by atoms with van der Waals surface area (Å²) in [5.41, 5.74) is 1.10. The molecule has 0 radical (unpaired) electrons.